The van der Waals surface area contributed by atoms with Gasteiger partial charge < -0.3 is 9.84 Å². The van der Waals surface area contributed by atoms with E-state index in [1.807, 2.05) is 18.2 Å². The summed E-state index contributed by atoms with van der Waals surface area (Å²) in [6, 6.07) is 31.8. The molecule has 8 rings (SSSR count). The summed E-state index contributed by atoms with van der Waals surface area (Å²) in [5.74, 6) is 3.38. The lowest BCUT2D eigenvalue weighted by atomic mass is 9.48. The minimum Gasteiger partial charge on any atom is -0.489 e. The highest BCUT2D eigenvalue weighted by Crippen LogP contribution is 2.62. The molecule has 35 heavy (non-hydrogen) atoms. The molecule has 4 saturated carbocycles. The maximum absolute atomic E-state index is 12.3. The predicted octanol–water partition coefficient (Wildman–Crippen LogP) is 7.73. The molecule has 2 nitrogen and oxygen atoms in total. The molecule has 0 aliphatic heterocycles. The van der Waals surface area contributed by atoms with Gasteiger partial charge in [-0.25, -0.2) is 0 Å². The van der Waals surface area contributed by atoms with Gasteiger partial charge in [0.2, 0.25) is 0 Å². The van der Waals surface area contributed by atoms with E-state index in [4.69, 9.17) is 4.74 Å². The molecule has 0 amide bonds. The Labute approximate surface area is 207 Å². The zero-order chi connectivity index (χ0) is 23.4. The second-order valence-electron chi connectivity index (χ2n) is 11.1. The van der Waals surface area contributed by atoms with Crippen LogP contribution in [0, 0.1) is 23.7 Å². The van der Waals surface area contributed by atoms with Crippen LogP contribution in [0.4, 0.5) is 0 Å². The number of ether oxygens (including phenoxy) is 1. The molecule has 4 aromatic rings. The summed E-state index contributed by atoms with van der Waals surface area (Å²) in [7, 11) is 0. The summed E-state index contributed by atoms with van der Waals surface area (Å²) in [5.41, 5.74) is 4.04. The zero-order valence-electron chi connectivity index (χ0n) is 20.1. The van der Waals surface area contributed by atoms with Crippen molar-refractivity contribution in [3.8, 4) is 16.9 Å². The third-order valence-corrected chi connectivity index (χ3v) is 9.15. The minimum atomic E-state index is -0.680. The number of hydrogen-bond acceptors (Lipinski definition) is 2. The minimum absolute atomic E-state index is 0.411. The van der Waals surface area contributed by atoms with Crippen LogP contribution in [0.3, 0.4) is 0 Å². The van der Waals surface area contributed by atoms with Gasteiger partial charge in [0.05, 0.1) is 5.60 Å². The molecular formula is C33H32O2. The summed E-state index contributed by atoms with van der Waals surface area (Å²) in [5, 5.41) is 14.7. The van der Waals surface area contributed by atoms with Crippen LogP contribution in [0.15, 0.2) is 91.0 Å². The molecular weight excluding hydrogens is 428 g/mol. The lowest BCUT2D eigenvalue weighted by Crippen LogP contribution is -2.55. The van der Waals surface area contributed by atoms with Gasteiger partial charge in [0.25, 0.3) is 0 Å². The monoisotopic (exact) mass is 460 g/mol. The summed E-state index contributed by atoms with van der Waals surface area (Å²) in [6.07, 6.45) is 6.19. The van der Waals surface area contributed by atoms with Crippen molar-refractivity contribution in [3.05, 3.63) is 102 Å². The number of benzene rings is 4. The van der Waals surface area contributed by atoms with Gasteiger partial charge in [-0.1, -0.05) is 78.9 Å². The Balaban J connectivity index is 1.22. The number of hydrogen-bond donors (Lipinski definition) is 1. The lowest BCUT2D eigenvalue weighted by molar-refractivity contribution is -0.178. The molecule has 0 spiro atoms. The first kappa shape index (κ1) is 21.2. The van der Waals surface area contributed by atoms with Crippen LogP contribution in [0.1, 0.15) is 43.2 Å². The molecule has 176 valence electrons. The molecule has 4 aliphatic carbocycles. The van der Waals surface area contributed by atoms with Crippen molar-refractivity contribution in [2.24, 2.45) is 23.7 Å². The highest BCUT2D eigenvalue weighted by molar-refractivity contribution is 5.98. The van der Waals surface area contributed by atoms with Crippen LogP contribution in [-0.4, -0.2) is 5.11 Å². The SMILES string of the molecule is OC1(c2cccc3c(-c4ccc(OCc5ccccc5)cc4)cccc23)C2CC3CC(C2)CC1C3. The first-order valence-electron chi connectivity index (χ1n) is 13.2. The molecule has 2 heteroatoms. The summed E-state index contributed by atoms with van der Waals surface area (Å²) < 4.78 is 6.00. The molecule has 0 saturated heterocycles. The van der Waals surface area contributed by atoms with Crippen LogP contribution in [-0.2, 0) is 12.2 Å². The van der Waals surface area contributed by atoms with Crippen LogP contribution >= 0.6 is 0 Å². The molecule has 0 unspecified atom stereocenters. The number of aliphatic hydroxyl groups is 1. The molecule has 1 N–H and O–H groups in total. The van der Waals surface area contributed by atoms with E-state index < -0.39 is 5.60 Å². The van der Waals surface area contributed by atoms with Crippen molar-refractivity contribution in [1.82, 2.24) is 0 Å². The van der Waals surface area contributed by atoms with E-state index >= 15 is 0 Å². The second kappa shape index (κ2) is 8.24. The average Bonchev–Trinajstić information content (AvgIpc) is 2.90. The van der Waals surface area contributed by atoms with Crippen LogP contribution in [0.2, 0.25) is 0 Å². The smallest absolute Gasteiger partial charge is 0.119 e. The zero-order valence-corrected chi connectivity index (χ0v) is 20.1. The second-order valence-corrected chi connectivity index (χ2v) is 11.1. The molecule has 0 radical (unpaired) electrons. The Hall–Kier alpha value is -3.10. The van der Waals surface area contributed by atoms with Crippen molar-refractivity contribution >= 4 is 10.8 Å². The van der Waals surface area contributed by atoms with E-state index in [1.54, 1.807) is 0 Å². The van der Waals surface area contributed by atoms with Crippen LogP contribution < -0.4 is 4.74 Å². The first-order valence-corrected chi connectivity index (χ1v) is 13.2. The molecule has 4 bridgehead atoms. The number of fused-ring (bicyclic) bond motifs is 1. The van der Waals surface area contributed by atoms with E-state index in [-0.39, 0.29) is 0 Å². The number of rotatable bonds is 5. The van der Waals surface area contributed by atoms with Gasteiger partial charge in [-0.2, -0.15) is 0 Å². The molecule has 0 aromatic heterocycles. The lowest BCUT2D eigenvalue weighted by Gasteiger charge is -2.59. The highest BCUT2D eigenvalue weighted by atomic mass is 16.5. The Morgan fingerprint density at radius 2 is 1.31 bits per heavy atom. The van der Waals surface area contributed by atoms with Crippen LogP contribution in [0.25, 0.3) is 21.9 Å². The van der Waals surface area contributed by atoms with E-state index in [1.165, 1.54) is 59.6 Å². The molecule has 0 atom stereocenters. The summed E-state index contributed by atoms with van der Waals surface area (Å²) >= 11 is 0. The third kappa shape index (κ3) is 3.50. The van der Waals surface area contributed by atoms with Gasteiger partial charge in [0.15, 0.2) is 0 Å². The van der Waals surface area contributed by atoms with Gasteiger partial charge in [-0.3, -0.25) is 0 Å². The fraction of sp³-hybridized carbons (Fsp3) is 0.333. The van der Waals surface area contributed by atoms with Gasteiger partial charge >= 0.3 is 0 Å². The Morgan fingerprint density at radius 3 is 2.03 bits per heavy atom. The maximum atomic E-state index is 12.3. The topological polar surface area (TPSA) is 29.5 Å². The standard InChI is InChI=1S/C33H32O2/c34-33(26-17-23-16-24(19-26)20-27(33)18-23)32-11-5-9-30-29(8-4-10-31(30)32)25-12-14-28(15-13-25)35-21-22-6-2-1-3-7-22/h1-15,23-24,26-27,34H,16-21H2. The fourth-order valence-electron chi connectivity index (χ4n) is 7.73. The first-order chi connectivity index (χ1) is 17.2. The third-order valence-electron chi connectivity index (χ3n) is 9.15. The van der Waals surface area contributed by atoms with Crippen molar-refractivity contribution in [2.45, 2.75) is 44.3 Å². The molecule has 4 fully saturated rings. The van der Waals surface area contributed by atoms with Crippen molar-refractivity contribution in [3.63, 3.8) is 0 Å². The van der Waals surface area contributed by atoms with Crippen molar-refractivity contribution in [1.29, 1.82) is 0 Å². The van der Waals surface area contributed by atoms with E-state index in [9.17, 15) is 5.11 Å². The largest absolute Gasteiger partial charge is 0.489 e. The van der Waals surface area contributed by atoms with Gasteiger partial charge in [0.1, 0.15) is 12.4 Å². The van der Waals surface area contributed by atoms with E-state index in [0.29, 0.717) is 18.4 Å². The molecule has 4 aromatic carbocycles. The molecule has 0 heterocycles. The Bertz CT molecular complexity index is 1330. The summed E-state index contributed by atoms with van der Waals surface area (Å²) in [6.45, 7) is 0.570. The van der Waals surface area contributed by atoms with Crippen molar-refractivity contribution < 1.29 is 9.84 Å². The molecule has 4 aliphatic rings. The maximum Gasteiger partial charge on any atom is 0.119 e. The normalized spacial score (nSPS) is 28.9. The van der Waals surface area contributed by atoms with E-state index in [0.717, 1.165) is 23.1 Å². The summed E-state index contributed by atoms with van der Waals surface area (Å²) in [4.78, 5) is 0. The average molecular weight is 461 g/mol. The van der Waals surface area contributed by atoms with E-state index in [2.05, 4.69) is 72.8 Å². The predicted molar refractivity (Wildman–Crippen MR) is 141 cm³/mol. The van der Waals surface area contributed by atoms with Gasteiger partial charge in [-0.05, 0) is 101 Å². The van der Waals surface area contributed by atoms with Gasteiger partial charge in [-0.15, -0.1) is 0 Å². The quantitative estimate of drug-likeness (QED) is 0.330. The Morgan fingerprint density at radius 1 is 0.657 bits per heavy atom. The Kier molecular flexibility index (Phi) is 4.99. The van der Waals surface area contributed by atoms with Crippen molar-refractivity contribution in [2.75, 3.05) is 0 Å². The van der Waals surface area contributed by atoms with Gasteiger partial charge in [0, 0.05) is 0 Å². The van der Waals surface area contributed by atoms with Crippen LogP contribution in [0.5, 0.6) is 5.75 Å². The fourth-order valence-corrected chi connectivity index (χ4v) is 7.73. The highest BCUT2D eigenvalue weighted by Gasteiger charge is 2.57.